The molecule has 0 atom stereocenters. The summed E-state index contributed by atoms with van der Waals surface area (Å²) in [6, 6.07) is 6.62. The van der Waals surface area contributed by atoms with Crippen molar-refractivity contribution in [3.63, 3.8) is 0 Å². The van der Waals surface area contributed by atoms with E-state index in [0.717, 1.165) is 0 Å². The number of pyridine rings is 1. The Labute approximate surface area is 113 Å². The largest absolute Gasteiger partial charge is 0.478 e. The number of rotatable bonds is 3. The number of benzene rings is 1. The molecule has 96 valence electrons. The van der Waals surface area contributed by atoms with E-state index >= 15 is 0 Å². The third-order valence-corrected chi connectivity index (χ3v) is 2.52. The topological polar surface area (TPSA) is 101 Å². The average molecular weight is 274 g/mol. The lowest BCUT2D eigenvalue weighted by Gasteiger charge is -2.04. The summed E-state index contributed by atoms with van der Waals surface area (Å²) < 4.78 is 0. The van der Waals surface area contributed by atoms with Crippen molar-refractivity contribution in [2.24, 2.45) is 10.8 Å². The van der Waals surface area contributed by atoms with E-state index in [-0.39, 0.29) is 10.7 Å². The highest BCUT2D eigenvalue weighted by molar-refractivity contribution is 7.80. The van der Waals surface area contributed by atoms with Crippen LogP contribution in [0.5, 0.6) is 0 Å². The number of fused-ring (bicyclic) bond motifs is 1. The molecule has 1 aromatic heterocycles. The number of hydrazone groups is 1. The summed E-state index contributed by atoms with van der Waals surface area (Å²) in [5.74, 6) is -0.985. The number of nitrogens with two attached hydrogens (primary N) is 1. The van der Waals surface area contributed by atoms with Gasteiger partial charge in [-0.25, -0.2) is 4.79 Å². The number of aromatic nitrogens is 1. The highest BCUT2D eigenvalue weighted by Gasteiger charge is 2.09. The zero-order valence-electron chi connectivity index (χ0n) is 9.70. The van der Waals surface area contributed by atoms with Gasteiger partial charge in [0.1, 0.15) is 0 Å². The van der Waals surface area contributed by atoms with Crippen LogP contribution in [-0.4, -0.2) is 27.4 Å². The Hall–Kier alpha value is -2.54. The summed E-state index contributed by atoms with van der Waals surface area (Å²) in [7, 11) is 0. The molecule has 1 heterocycles. The molecule has 0 fully saturated rings. The molecule has 0 aliphatic rings. The number of carbonyl (C=O) groups is 1. The summed E-state index contributed by atoms with van der Waals surface area (Å²) in [5.41, 5.74) is 8.41. The molecule has 0 saturated heterocycles. The monoisotopic (exact) mass is 274 g/mol. The minimum atomic E-state index is -0.985. The summed E-state index contributed by atoms with van der Waals surface area (Å²) in [6.07, 6.45) is 2.96. The lowest BCUT2D eigenvalue weighted by atomic mass is 10.0. The van der Waals surface area contributed by atoms with Gasteiger partial charge in [0.15, 0.2) is 5.11 Å². The summed E-state index contributed by atoms with van der Waals surface area (Å²) in [6.45, 7) is 0. The molecule has 0 aliphatic carbocycles. The predicted molar refractivity (Wildman–Crippen MR) is 76.2 cm³/mol. The van der Waals surface area contributed by atoms with E-state index in [1.54, 1.807) is 24.3 Å². The molecule has 0 saturated carbocycles. The van der Waals surface area contributed by atoms with Gasteiger partial charge < -0.3 is 10.8 Å². The van der Waals surface area contributed by atoms with E-state index in [0.29, 0.717) is 16.5 Å². The van der Waals surface area contributed by atoms with Gasteiger partial charge in [-0.2, -0.15) is 5.10 Å². The van der Waals surface area contributed by atoms with Gasteiger partial charge in [-0.15, -0.1) is 0 Å². The first-order valence-electron chi connectivity index (χ1n) is 5.29. The first-order valence-corrected chi connectivity index (χ1v) is 5.70. The van der Waals surface area contributed by atoms with Crippen molar-refractivity contribution < 1.29 is 9.90 Å². The van der Waals surface area contributed by atoms with E-state index in [1.807, 2.05) is 0 Å². The Morgan fingerprint density at radius 2 is 2.21 bits per heavy atom. The number of nitrogens with zero attached hydrogens (tertiary/aromatic N) is 2. The van der Waals surface area contributed by atoms with Gasteiger partial charge in [0, 0.05) is 11.6 Å². The number of aromatic carboxylic acids is 1. The van der Waals surface area contributed by atoms with Crippen LogP contribution in [0.25, 0.3) is 10.8 Å². The first-order chi connectivity index (χ1) is 9.09. The molecule has 0 bridgehead atoms. The van der Waals surface area contributed by atoms with E-state index < -0.39 is 5.97 Å². The molecule has 7 heteroatoms. The average Bonchev–Trinajstić information content (AvgIpc) is 2.37. The molecule has 0 amide bonds. The van der Waals surface area contributed by atoms with Gasteiger partial charge in [-0.05, 0) is 29.7 Å². The van der Waals surface area contributed by atoms with Crippen LogP contribution in [0.2, 0.25) is 0 Å². The fourth-order valence-electron chi connectivity index (χ4n) is 1.68. The Morgan fingerprint density at radius 1 is 1.42 bits per heavy atom. The normalized spacial score (nSPS) is 10.7. The minimum absolute atomic E-state index is 0.0442. The number of nitrogens with one attached hydrogen (secondary N) is 1. The first kappa shape index (κ1) is 12.9. The molecule has 4 N–H and O–H groups in total. The third kappa shape index (κ3) is 2.83. The molecular weight excluding hydrogens is 264 g/mol. The van der Waals surface area contributed by atoms with Gasteiger partial charge >= 0.3 is 5.97 Å². The van der Waals surface area contributed by atoms with Crippen molar-refractivity contribution in [3.05, 3.63) is 41.7 Å². The lowest BCUT2D eigenvalue weighted by molar-refractivity contribution is 0.0699. The minimum Gasteiger partial charge on any atom is -0.478 e. The van der Waals surface area contributed by atoms with Crippen LogP contribution in [0.4, 0.5) is 0 Å². The van der Waals surface area contributed by atoms with Crippen LogP contribution in [0.3, 0.4) is 0 Å². The van der Waals surface area contributed by atoms with Gasteiger partial charge in [-0.3, -0.25) is 10.4 Å². The predicted octanol–water partition coefficient (Wildman–Crippen LogP) is 1.10. The maximum absolute atomic E-state index is 11.1. The van der Waals surface area contributed by atoms with E-state index in [1.165, 1.54) is 12.4 Å². The fraction of sp³-hybridized carbons (Fsp3) is 0. The molecule has 0 unspecified atom stereocenters. The van der Waals surface area contributed by atoms with Crippen LogP contribution < -0.4 is 11.2 Å². The van der Waals surface area contributed by atoms with Crippen molar-refractivity contribution in [1.82, 2.24) is 10.4 Å². The highest BCUT2D eigenvalue weighted by Crippen LogP contribution is 2.20. The maximum Gasteiger partial charge on any atom is 0.336 e. The summed E-state index contributed by atoms with van der Waals surface area (Å²) in [5, 5.41) is 14.3. The number of thiocarbonyl (C=S) groups is 1. The quantitative estimate of drug-likeness (QED) is 0.440. The molecule has 2 aromatic rings. The lowest BCUT2D eigenvalue weighted by Crippen LogP contribution is -2.24. The fourth-order valence-corrected chi connectivity index (χ4v) is 1.73. The molecule has 2 rings (SSSR count). The molecule has 6 nitrogen and oxygen atoms in total. The van der Waals surface area contributed by atoms with Crippen molar-refractivity contribution in [1.29, 1.82) is 0 Å². The van der Waals surface area contributed by atoms with Crippen molar-refractivity contribution in [3.8, 4) is 0 Å². The Morgan fingerprint density at radius 3 is 2.89 bits per heavy atom. The maximum atomic E-state index is 11.1. The Kier molecular flexibility index (Phi) is 3.67. The van der Waals surface area contributed by atoms with Crippen LogP contribution >= 0.6 is 12.2 Å². The smallest absolute Gasteiger partial charge is 0.336 e. The van der Waals surface area contributed by atoms with E-state index in [2.05, 4.69) is 27.7 Å². The van der Waals surface area contributed by atoms with Crippen LogP contribution in [0, 0.1) is 0 Å². The Bertz CT molecular complexity index is 684. The van der Waals surface area contributed by atoms with Gasteiger partial charge in [0.05, 0.1) is 17.5 Å². The standard InChI is InChI=1S/C12H10N4O2S/c13-12(19)16-15-6-10-8-2-1-3-9(11(17)18)7(8)4-5-14-10/h1-6H,(H,17,18)(H3,13,16,19)/b15-6-. The summed E-state index contributed by atoms with van der Waals surface area (Å²) in [4.78, 5) is 15.3. The van der Waals surface area contributed by atoms with E-state index in [4.69, 9.17) is 10.8 Å². The van der Waals surface area contributed by atoms with Gasteiger partial charge in [0.2, 0.25) is 0 Å². The number of hydrogen-bond donors (Lipinski definition) is 3. The van der Waals surface area contributed by atoms with Crippen molar-refractivity contribution >= 4 is 40.3 Å². The zero-order chi connectivity index (χ0) is 13.8. The molecule has 1 aromatic carbocycles. The third-order valence-electron chi connectivity index (χ3n) is 2.43. The second kappa shape index (κ2) is 5.40. The van der Waals surface area contributed by atoms with Gasteiger partial charge in [0.25, 0.3) is 0 Å². The number of carboxylic acids is 1. The SMILES string of the molecule is NC(=S)N/N=C\c1nccc2c(C(=O)O)cccc12. The molecule has 0 aliphatic heterocycles. The molecule has 0 spiro atoms. The summed E-state index contributed by atoms with van der Waals surface area (Å²) >= 11 is 4.62. The van der Waals surface area contributed by atoms with Gasteiger partial charge in [-0.1, -0.05) is 12.1 Å². The highest BCUT2D eigenvalue weighted by atomic mass is 32.1. The van der Waals surface area contributed by atoms with Crippen LogP contribution in [-0.2, 0) is 0 Å². The number of carboxylic acid groups (broad SMARTS) is 1. The van der Waals surface area contributed by atoms with Crippen molar-refractivity contribution in [2.75, 3.05) is 0 Å². The molecular formula is C12H10N4O2S. The van der Waals surface area contributed by atoms with Crippen LogP contribution in [0.15, 0.2) is 35.6 Å². The second-order valence-corrected chi connectivity index (χ2v) is 4.08. The number of hydrogen-bond acceptors (Lipinski definition) is 4. The van der Waals surface area contributed by atoms with Crippen molar-refractivity contribution in [2.45, 2.75) is 0 Å². The Balaban J connectivity index is 2.52. The zero-order valence-corrected chi connectivity index (χ0v) is 10.5. The van der Waals surface area contributed by atoms with E-state index in [9.17, 15) is 4.79 Å². The second-order valence-electron chi connectivity index (χ2n) is 3.64. The molecule has 0 radical (unpaired) electrons. The molecule has 19 heavy (non-hydrogen) atoms. The van der Waals surface area contributed by atoms with Crippen LogP contribution in [0.1, 0.15) is 16.1 Å².